The van der Waals surface area contributed by atoms with Gasteiger partial charge in [-0.3, -0.25) is 0 Å². The Labute approximate surface area is 77.1 Å². The highest BCUT2D eigenvalue weighted by atomic mass is 15.2. The average molecular weight is 176 g/mol. The molecule has 0 fully saturated rings. The molecule has 1 aromatic rings. The van der Waals surface area contributed by atoms with Crippen LogP contribution < -0.4 is 10.6 Å². The van der Waals surface area contributed by atoms with Gasteiger partial charge in [0, 0.05) is 13.1 Å². The lowest BCUT2D eigenvalue weighted by atomic mass is 10.2. The first-order valence-electron chi connectivity index (χ1n) is 4.33. The van der Waals surface area contributed by atoms with E-state index < -0.39 is 0 Å². The second kappa shape index (κ2) is 3.43. The van der Waals surface area contributed by atoms with Crippen LogP contribution in [0.3, 0.4) is 0 Å². The first-order valence-corrected chi connectivity index (χ1v) is 4.33. The Morgan fingerprint density at radius 1 is 1.38 bits per heavy atom. The molecule has 0 bridgehead atoms. The Bertz CT molecular complexity index is 321. The smallest absolute Gasteiger partial charge is 0.155 e. The summed E-state index contributed by atoms with van der Waals surface area (Å²) in [5.74, 6) is 0.847. The molecule has 2 rings (SSSR count). The van der Waals surface area contributed by atoms with Gasteiger partial charge >= 0.3 is 0 Å². The van der Waals surface area contributed by atoms with Crippen molar-refractivity contribution < 1.29 is 0 Å². The summed E-state index contributed by atoms with van der Waals surface area (Å²) in [6.07, 6.45) is 8.53. The van der Waals surface area contributed by atoms with E-state index in [1.165, 1.54) is 6.33 Å². The fraction of sp³-hybridized carbons (Fsp3) is 0.333. The predicted octanol–water partition coefficient (Wildman–Crippen LogP) is 0.825. The van der Waals surface area contributed by atoms with Crippen LogP contribution in [0.25, 0.3) is 0 Å². The number of nitrogens with zero attached hydrogens (tertiary/aromatic N) is 3. The van der Waals surface area contributed by atoms with E-state index in [9.17, 15) is 0 Å². The summed E-state index contributed by atoms with van der Waals surface area (Å²) in [7, 11) is 0. The molecule has 0 atom stereocenters. The number of aromatic nitrogens is 2. The Morgan fingerprint density at radius 2 is 2.31 bits per heavy atom. The highest BCUT2D eigenvalue weighted by molar-refractivity contribution is 5.61. The Balaban J connectivity index is 2.24. The van der Waals surface area contributed by atoms with Crippen LogP contribution in [-0.4, -0.2) is 23.1 Å². The molecule has 2 N–H and O–H groups in total. The lowest BCUT2D eigenvalue weighted by Gasteiger charge is -2.24. The van der Waals surface area contributed by atoms with Gasteiger partial charge < -0.3 is 10.6 Å². The normalized spacial score (nSPS) is 16.2. The Hall–Kier alpha value is -1.58. The van der Waals surface area contributed by atoms with Crippen molar-refractivity contribution in [3.05, 3.63) is 24.7 Å². The summed E-state index contributed by atoms with van der Waals surface area (Å²) in [5, 5.41) is 0. The van der Waals surface area contributed by atoms with Gasteiger partial charge in [-0.1, -0.05) is 12.2 Å². The van der Waals surface area contributed by atoms with E-state index in [1.54, 1.807) is 6.20 Å². The molecule has 0 radical (unpaired) electrons. The van der Waals surface area contributed by atoms with Gasteiger partial charge in [0.25, 0.3) is 0 Å². The molecule has 68 valence electrons. The molecular formula is C9H12N4. The standard InChI is InChI=1S/C9H12N4/c10-8-6-11-7-12-9(8)13-4-2-1-3-5-13/h1-2,6-7H,3-5,10H2. The van der Waals surface area contributed by atoms with E-state index in [0.29, 0.717) is 5.69 Å². The zero-order valence-electron chi connectivity index (χ0n) is 7.35. The largest absolute Gasteiger partial charge is 0.394 e. The van der Waals surface area contributed by atoms with Crippen LogP contribution in [0.5, 0.6) is 0 Å². The molecule has 0 aliphatic carbocycles. The van der Waals surface area contributed by atoms with E-state index in [4.69, 9.17) is 5.73 Å². The predicted molar refractivity (Wildman–Crippen MR) is 52.4 cm³/mol. The Kier molecular flexibility index (Phi) is 2.12. The summed E-state index contributed by atoms with van der Waals surface area (Å²) >= 11 is 0. The molecule has 2 heterocycles. The first kappa shape index (κ1) is 8.04. The molecule has 0 aromatic carbocycles. The molecule has 0 amide bonds. The lowest BCUT2D eigenvalue weighted by molar-refractivity contribution is 0.804. The number of anilines is 2. The minimum Gasteiger partial charge on any atom is -0.394 e. The van der Waals surface area contributed by atoms with E-state index in [-0.39, 0.29) is 0 Å². The zero-order valence-corrected chi connectivity index (χ0v) is 7.35. The van der Waals surface area contributed by atoms with Crippen LogP contribution in [0, 0.1) is 0 Å². The van der Waals surface area contributed by atoms with Gasteiger partial charge in [-0.25, -0.2) is 9.97 Å². The fourth-order valence-corrected chi connectivity index (χ4v) is 1.43. The number of nitrogen functional groups attached to an aromatic ring is 1. The van der Waals surface area contributed by atoms with Gasteiger partial charge in [0.1, 0.15) is 6.33 Å². The van der Waals surface area contributed by atoms with Gasteiger partial charge in [-0.2, -0.15) is 0 Å². The van der Waals surface area contributed by atoms with Crippen molar-refractivity contribution in [3.8, 4) is 0 Å². The molecular weight excluding hydrogens is 164 g/mol. The summed E-state index contributed by atoms with van der Waals surface area (Å²) < 4.78 is 0. The molecule has 1 aromatic heterocycles. The quantitative estimate of drug-likeness (QED) is 0.644. The van der Waals surface area contributed by atoms with Gasteiger partial charge in [-0.15, -0.1) is 0 Å². The topological polar surface area (TPSA) is 55.0 Å². The van der Waals surface area contributed by atoms with Crippen molar-refractivity contribution >= 4 is 11.5 Å². The van der Waals surface area contributed by atoms with Crippen LogP contribution in [0.15, 0.2) is 24.7 Å². The minimum absolute atomic E-state index is 0.651. The number of hydrogen-bond acceptors (Lipinski definition) is 4. The SMILES string of the molecule is Nc1cncnc1N1CC=CCC1. The highest BCUT2D eigenvalue weighted by Gasteiger charge is 2.10. The second-order valence-corrected chi connectivity index (χ2v) is 3.01. The lowest BCUT2D eigenvalue weighted by Crippen LogP contribution is -2.28. The average Bonchev–Trinajstić information content (AvgIpc) is 2.20. The summed E-state index contributed by atoms with van der Waals surface area (Å²) in [5.41, 5.74) is 6.41. The maximum atomic E-state index is 5.76. The van der Waals surface area contributed by atoms with Crippen molar-refractivity contribution in [2.24, 2.45) is 0 Å². The maximum absolute atomic E-state index is 5.76. The molecule has 13 heavy (non-hydrogen) atoms. The minimum atomic E-state index is 0.651. The van der Waals surface area contributed by atoms with Crippen molar-refractivity contribution in [3.63, 3.8) is 0 Å². The van der Waals surface area contributed by atoms with E-state index >= 15 is 0 Å². The third-order valence-corrected chi connectivity index (χ3v) is 2.08. The molecule has 1 aliphatic heterocycles. The Morgan fingerprint density at radius 3 is 3.00 bits per heavy atom. The van der Waals surface area contributed by atoms with Crippen molar-refractivity contribution in [1.29, 1.82) is 0 Å². The molecule has 0 unspecified atom stereocenters. The molecule has 0 saturated heterocycles. The van der Waals surface area contributed by atoms with Crippen LogP contribution in [0.4, 0.5) is 11.5 Å². The van der Waals surface area contributed by atoms with Gasteiger partial charge in [0.05, 0.1) is 11.9 Å². The number of hydrogen-bond donors (Lipinski definition) is 1. The molecule has 0 spiro atoms. The summed E-state index contributed by atoms with van der Waals surface area (Å²) in [6.45, 7) is 1.87. The van der Waals surface area contributed by atoms with E-state index in [0.717, 1.165) is 25.3 Å². The molecule has 4 nitrogen and oxygen atoms in total. The van der Waals surface area contributed by atoms with E-state index in [2.05, 4.69) is 27.0 Å². The third-order valence-electron chi connectivity index (χ3n) is 2.08. The molecule has 4 heteroatoms. The first-order chi connectivity index (χ1) is 6.38. The zero-order chi connectivity index (χ0) is 9.10. The maximum Gasteiger partial charge on any atom is 0.155 e. The van der Waals surface area contributed by atoms with Crippen LogP contribution in [0.2, 0.25) is 0 Å². The van der Waals surface area contributed by atoms with Crippen LogP contribution in [-0.2, 0) is 0 Å². The van der Waals surface area contributed by atoms with Crippen LogP contribution in [0.1, 0.15) is 6.42 Å². The van der Waals surface area contributed by atoms with Crippen molar-refractivity contribution in [1.82, 2.24) is 9.97 Å². The van der Waals surface area contributed by atoms with Crippen LogP contribution >= 0.6 is 0 Å². The monoisotopic (exact) mass is 176 g/mol. The van der Waals surface area contributed by atoms with Crippen molar-refractivity contribution in [2.45, 2.75) is 6.42 Å². The van der Waals surface area contributed by atoms with Gasteiger partial charge in [0.15, 0.2) is 5.82 Å². The van der Waals surface area contributed by atoms with Gasteiger partial charge in [-0.05, 0) is 6.42 Å². The van der Waals surface area contributed by atoms with Crippen molar-refractivity contribution in [2.75, 3.05) is 23.7 Å². The fourth-order valence-electron chi connectivity index (χ4n) is 1.43. The summed E-state index contributed by atoms with van der Waals surface area (Å²) in [6, 6.07) is 0. The van der Waals surface area contributed by atoms with E-state index in [1.807, 2.05) is 0 Å². The third kappa shape index (κ3) is 1.61. The molecule has 0 saturated carbocycles. The molecule has 1 aliphatic rings. The highest BCUT2D eigenvalue weighted by Crippen LogP contribution is 2.19. The number of nitrogens with two attached hydrogens (primary N) is 1. The second-order valence-electron chi connectivity index (χ2n) is 3.01. The van der Waals surface area contributed by atoms with Gasteiger partial charge in [0.2, 0.25) is 0 Å². The number of rotatable bonds is 1. The summed E-state index contributed by atoms with van der Waals surface area (Å²) in [4.78, 5) is 10.2.